The van der Waals surface area contributed by atoms with Crippen LogP contribution in [0.15, 0.2) is 54.6 Å². The molecule has 130 valence electrons. The van der Waals surface area contributed by atoms with Crippen LogP contribution in [0.2, 0.25) is 0 Å². The van der Waals surface area contributed by atoms with Gasteiger partial charge < -0.3 is 15.1 Å². The largest absolute Gasteiger partial charge is 0.478 e. The highest BCUT2D eigenvalue weighted by Gasteiger charge is 2.09. The molecule has 2 aromatic rings. The van der Waals surface area contributed by atoms with E-state index in [-0.39, 0.29) is 0 Å². The smallest absolute Gasteiger partial charge is 0.336 e. The zero-order valence-electron chi connectivity index (χ0n) is 14.5. The number of carbonyl (C=O) groups is 1. The van der Waals surface area contributed by atoms with Crippen molar-refractivity contribution in [3.63, 3.8) is 0 Å². The van der Waals surface area contributed by atoms with Gasteiger partial charge in [0.2, 0.25) is 0 Å². The van der Waals surface area contributed by atoms with Crippen LogP contribution < -0.4 is 0 Å². The minimum absolute atomic E-state index is 0.316. The number of benzene rings is 2. The highest BCUT2D eigenvalue weighted by atomic mass is 16.4. The normalized spacial score (nSPS) is 10.2. The van der Waals surface area contributed by atoms with Crippen molar-refractivity contribution in [3.05, 3.63) is 60.2 Å². The third kappa shape index (κ3) is 6.52. The van der Waals surface area contributed by atoms with E-state index in [9.17, 15) is 4.79 Å². The average Bonchev–Trinajstić information content (AvgIpc) is 2.64. The van der Waals surface area contributed by atoms with Gasteiger partial charge in [0.1, 0.15) is 0 Å². The maximum Gasteiger partial charge on any atom is 0.336 e. The predicted molar refractivity (Wildman–Crippen MR) is 98.3 cm³/mol. The Morgan fingerprint density at radius 1 is 0.958 bits per heavy atom. The second-order valence-electron chi connectivity index (χ2n) is 5.32. The maximum absolute atomic E-state index is 11.0. The molecule has 0 amide bonds. The monoisotopic (exact) mass is 329 g/mol. The lowest BCUT2D eigenvalue weighted by molar-refractivity contribution is 0.0697. The number of carboxylic acids is 1. The van der Waals surface area contributed by atoms with Crippen molar-refractivity contribution < 1.29 is 15.0 Å². The fraction of sp³-hybridized carbons (Fsp3) is 0.350. The fourth-order valence-electron chi connectivity index (χ4n) is 2.37. The second kappa shape index (κ2) is 11.4. The molecule has 24 heavy (non-hydrogen) atoms. The van der Waals surface area contributed by atoms with Crippen molar-refractivity contribution in [2.75, 3.05) is 26.2 Å². The van der Waals surface area contributed by atoms with Crippen molar-refractivity contribution >= 4 is 5.97 Å². The Bertz CT molecular complexity index is 595. The number of hydrogen-bond donors (Lipinski definition) is 2. The molecule has 0 aliphatic heterocycles. The number of carboxylic acid groups (broad SMARTS) is 1. The minimum Gasteiger partial charge on any atom is -0.478 e. The number of nitrogens with zero attached hydrogens (tertiary/aromatic N) is 1. The molecule has 0 aliphatic rings. The lowest BCUT2D eigenvalue weighted by Gasteiger charge is -2.16. The van der Waals surface area contributed by atoms with Gasteiger partial charge in [0.15, 0.2) is 0 Å². The fourth-order valence-corrected chi connectivity index (χ4v) is 2.37. The zero-order valence-corrected chi connectivity index (χ0v) is 14.5. The summed E-state index contributed by atoms with van der Waals surface area (Å²) in [6.07, 6.45) is 0.904. The number of aliphatic hydroxyl groups excluding tert-OH is 1. The van der Waals surface area contributed by atoms with Gasteiger partial charge in [-0.3, -0.25) is 0 Å². The first-order valence-electron chi connectivity index (χ1n) is 8.34. The average molecular weight is 329 g/mol. The number of hydrogen-bond acceptors (Lipinski definition) is 3. The molecule has 0 spiro atoms. The van der Waals surface area contributed by atoms with Gasteiger partial charge in [0, 0.05) is 13.2 Å². The summed E-state index contributed by atoms with van der Waals surface area (Å²) in [7, 11) is 0. The van der Waals surface area contributed by atoms with Crippen LogP contribution in [0.25, 0.3) is 11.1 Å². The van der Waals surface area contributed by atoms with Gasteiger partial charge in [-0.05, 0) is 36.7 Å². The molecule has 0 heterocycles. The first-order valence-corrected chi connectivity index (χ1v) is 8.34. The molecular weight excluding hydrogens is 302 g/mol. The summed E-state index contributed by atoms with van der Waals surface area (Å²) in [4.78, 5) is 13.3. The Morgan fingerprint density at radius 3 is 2.08 bits per heavy atom. The van der Waals surface area contributed by atoms with Crippen LogP contribution in [0.1, 0.15) is 30.6 Å². The van der Waals surface area contributed by atoms with Crippen molar-refractivity contribution in [1.29, 1.82) is 0 Å². The van der Waals surface area contributed by atoms with Gasteiger partial charge in [-0.25, -0.2) is 4.79 Å². The van der Waals surface area contributed by atoms with Crippen LogP contribution in [0, 0.1) is 0 Å². The van der Waals surface area contributed by atoms with E-state index >= 15 is 0 Å². The summed E-state index contributed by atoms with van der Waals surface area (Å²) in [6.45, 7) is 7.81. The van der Waals surface area contributed by atoms with Gasteiger partial charge >= 0.3 is 5.97 Å². The Hall–Kier alpha value is -2.17. The van der Waals surface area contributed by atoms with Crippen LogP contribution in [-0.2, 0) is 0 Å². The lowest BCUT2D eigenvalue weighted by Crippen LogP contribution is -2.24. The van der Waals surface area contributed by atoms with E-state index in [2.05, 4.69) is 18.7 Å². The molecule has 0 fully saturated rings. The van der Waals surface area contributed by atoms with Gasteiger partial charge in [0.25, 0.3) is 0 Å². The molecule has 0 radical (unpaired) electrons. The molecular formula is C20H27NO3. The predicted octanol–water partition coefficient (Wildman–Crippen LogP) is 3.76. The molecule has 4 heteroatoms. The first kappa shape index (κ1) is 19.9. The highest BCUT2D eigenvalue weighted by molar-refractivity contribution is 5.95. The quantitative estimate of drug-likeness (QED) is 0.812. The van der Waals surface area contributed by atoms with Gasteiger partial charge in [-0.2, -0.15) is 0 Å². The Labute approximate surface area is 144 Å². The molecule has 4 nitrogen and oxygen atoms in total. The third-order valence-corrected chi connectivity index (χ3v) is 3.77. The van der Waals surface area contributed by atoms with E-state index in [4.69, 9.17) is 10.2 Å². The Kier molecular flexibility index (Phi) is 9.42. The maximum atomic E-state index is 11.0. The molecule has 0 saturated heterocycles. The number of rotatable bonds is 7. The summed E-state index contributed by atoms with van der Waals surface area (Å²) in [5, 5.41) is 17.5. The minimum atomic E-state index is -0.894. The van der Waals surface area contributed by atoms with Gasteiger partial charge in [-0.15, -0.1) is 0 Å². The van der Waals surface area contributed by atoms with Crippen LogP contribution in [0.3, 0.4) is 0 Å². The molecule has 2 rings (SSSR count). The zero-order chi connectivity index (χ0) is 17.8. The van der Waals surface area contributed by atoms with Gasteiger partial charge in [-0.1, -0.05) is 62.4 Å². The van der Waals surface area contributed by atoms with Crippen molar-refractivity contribution in [1.82, 2.24) is 4.90 Å². The number of aliphatic hydroxyl groups is 1. The second-order valence-corrected chi connectivity index (χ2v) is 5.32. The number of aromatic carboxylic acids is 1. The van der Waals surface area contributed by atoms with Crippen LogP contribution in [0.5, 0.6) is 0 Å². The highest BCUT2D eigenvalue weighted by Crippen LogP contribution is 2.22. The summed E-state index contributed by atoms with van der Waals surface area (Å²) in [5.41, 5.74) is 2.02. The van der Waals surface area contributed by atoms with Crippen molar-refractivity contribution in [3.8, 4) is 11.1 Å². The van der Waals surface area contributed by atoms with Crippen LogP contribution >= 0.6 is 0 Å². The molecule has 0 bridgehead atoms. The van der Waals surface area contributed by atoms with E-state index in [1.54, 1.807) is 12.1 Å². The van der Waals surface area contributed by atoms with E-state index in [0.717, 1.165) is 37.2 Å². The molecule has 2 N–H and O–H groups in total. The summed E-state index contributed by atoms with van der Waals surface area (Å²) >= 11 is 0. The third-order valence-electron chi connectivity index (χ3n) is 3.77. The molecule has 0 aliphatic carbocycles. The van der Waals surface area contributed by atoms with E-state index < -0.39 is 5.97 Å². The SMILES string of the molecule is CCN(CC)CCCO.O=C(O)c1ccccc1-c1ccccc1. The van der Waals surface area contributed by atoms with Crippen molar-refractivity contribution in [2.24, 2.45) is 0 Å². The van der Waals surface area contributed by atoms with E-state index in [1.807, 2.05) is 42.5 Å². The molecule has 0 atom stereocenters. The lowest BCUT2D eigenvalue weighted by atomic mass is 10.00. The molecule has 2 aromatic carbocycles. The topological polar surface area (TPSA) is 60.8 Å². The molecule has 0 saturated carbocycles. The Morgan fingerprint density at radius 2 is 1.54 bits per heavy atom. The summed E-state index contributed by atoms with van der Waals surface area (Å²) < 4.78 is 0. The van der Waals surface area contributed by atoms with Crippen molar-refractivity contribution in [2.45, 2.75) is 20.3 Å². The summed E-state index contributed by atoms with van der Waals surface area (Å²) in [5.74, 6) is -0.894. The summed E-state index contributed by atoms with van der Waals surface area (Å²) in [6, 6.07) is 16.5. The first-order chi connectivity index (χ1) is 11.6. The molecule has 0 unspecified atom stereocenters. The van der Waals surface area contributed by atoms with Gasteiger partial charge in [0.05, 0.1) is 5.56 Å². The van der Waals surface area contributed by atoms with Crippen LogP contribution in [0.4, 0.5) is 0 Å². The standard InChI is InChI=1S/C13H10O2.C7H17NO/c14-13(15)12-9-5-4-8-11(12)10-6-2-1-3-7-10;1-3-8(4-2)6-5-7-9/h1-9H,(H,14,15);9H,3-7H2,1-2H3. The van der Waals surface area contributed by atoms with Crippen LogP contribution in [-0.4, -0.2) is 47.3 Å². The van der Waals surface area contributed by atoms with E-state index in [0.29, 0.717) is 12.2 Å². The Balaban J connectivity index is 0.000000277. The van der Waals surface area contributed by atoms with E-state index in [1.165, 1.54) is 0 Å². The molecule has 0 aromatic heterocycles.